The first kappa shape index (κ1) is 13.1. The zero-order chi connectivity index (χ0) is 14.8. The maximum atomic E-state index is 12.2. The first-order valence-corrected chi connectivity index (χ1v) is 7.89. The van der Waals surface area contributed by atoms with Crippen molar-refractivity contribution in [3.05, 3.63) is 35.0 Å². The normalized spacial score (nSPS) is 28.1. The number of halogens is 1. The van der Waals surface area contributed by atoms with E-state index in [2.05, 4.69) is 23.2 Å². The lowest BCUT2D eigenvalue weighted by molar-refractivity contribution is -0.116. The Morgan fingerprint density at radius 1 is 1.48 bits per heavy atom. The summed E-state index contributed by atoms with van der Waals surface area (Å²) in [6.07, 6.45) is 4.25. The van der Waals surface area contributed by atoms with E-state index in [1.165, 1.54) is 5.57 Å². The number of aromatic nitrogens is 2. The van der Waals surface area contributed by atoms with Crippen LogP contribution in [0.25, 0.3) is 16.5 Å². The molecule has 0 radical (unpaired) electrons. The summed E-state index contributed by atoms with van der Waals surface area (Å²) in [6.45, 7) is 4.14. The van der Waals surface area contributed by atoms with E-state index in [1.54, 1.807) is 0 Å². The largest absolute Gasteiger partial charge is 0.295 e. The SMILES string of the molecule is CCC12CCC(=O)C(C)=C1c1ccc3[nH]ncc3c1C2Cl. The Hall–Kier alpha value is -1.61. The molecule has 4 rings (SSSR count). The Kier molecular flexibility index (Phi) is 2.62. The maximum absolute atomic E-state index is 12.2. The Balaban J connectivity index is 2.12. The number of H-pyrrole nitrogens is 1. The lowest BCUT2D eigenvalue weighted by Gasteiger charge is -2.37. The number of alkyl halides is 1. The molecule has 2 atom stereocenters. The van der Waals surface area contributed by atoms with Gasteiger partial charge in [0.1, 0.15) is 0 Å². The Labute approximate surface area is 128 Å². The van der Waals surface area contributed by atoms with Gasteiger partial charge >= 0.3 is 0 Å². The third-order valence-corrected chi connectivity index (χ3v) is 6.03. The number of carbonyl (C=O) groups excluding carboxylic acids is 1. The third kappa shape index (κ3) is 1.45. The van der Waals surface area contributed by atoms with Crippen LogP contribution in [0.15, 0.2) is 23.9 Å². The van der Waals surface area contributed by atoms with Gasteiger partial charge in [0, 0.05) is 17.2 Å². The summed E-state index contributed by atoms with van der Waals surface area (Å²) < 4.78 is 0. The molecule has 1 heterocycles. The van der Waals surface area contributed by atoms with E-state index < -0.39 is 0 Å². The molecule has 0 aliphatic heterocycles. The monoisotopic (exact) mass is 300 g/mol. The first-order valence-electron chi connectivity index (χ1n) is 7.45. The molecule has 0 amide bonds. The van der Waals surface area contributed by atoms with Gasteiger partial charge < -0.3 is 0 Å². The summed E-state index contributed by atoms with van der Waals surface area (Å²) in [7, 11) is 0. The van der Waals surface area contributed by atoms with E-state index in [0.717, 1.165) is 40.4 Å². The molecule has 0 bridgehead atoms. The highest BCUT2D eigenvalue weighted by Gasteiger charge is 2.51. The molecular formula is C17H17ClN2O. The fourth-order valence-electron chi connectivity index (χ4n) is 4.23. The smallest absolute Gasteiger partial charge is 0.158 e. The summed E-state index contributed by atoms with van der Waals surface area (Å²) >= 11 is 6.93. The molecular weight excluding hydrogens is 284 g/mol. The van der Waals surface area contributed by atoms with Gasteiger partial charge in [-0.1, -0.05) is 13.0 Å². The number of hydrogen-bond donors (Lipinski definition) is 1. The predicted octanol–water partition coefficient (Wildman–Crippen LogP) is 4.39. The van der Waals surface area contributed by atoms with Crippen LogP contribution >= 0.6 is 11.6 Å². The van der Waals surface area contributed by atoms with Gasteiger partial charge in [-0.05, 0) is 48.1 Å². The van der Waals surface area contributed by atoms with Gasteiger partial charge in [0.15, 0.2) is 5.78 Å². The number of ketones is 1. The van der Waals surface area contributed by atoms with Crippen LogP contribution in [0.5, 0.6) is 0 Å². The first-order chi connectivity index (χ1) is 10.1. The Bertz CT molecular complexity index is 804. The van der Waals surface area contributed by atoms with Crippen LogP contribution in [-0.4, -0.2) is 16.0 Å². The highest BCUT2D eigenvalue weighted by atomic mass is 35.5. The molecule has 0 saturated carbocycles. The lowest BCUT2D eigenvalue weighted by atomic mass is 9.68. The van der Waals surface area contributed by atoms with Crippen molar-refractivity contribution in [2.45, 2.75) is 38.5 Å². The van der Waals surface area contributed by atoms with Crippen molar-refractivity contribution in [2.75, 3.05) is 0 Å². The van der Waals surface area contributed by atoms with Gasteiger partial charge in [0.05, 0.1) is 17.1 Å². The zero-order valence-corrected chi connectivity index (χ0v) is 12.9. The molecule has 2 unspecified atom stereocenters. The van der Waals surface area contributed by atoms with Gasteiger partial charge in [0.2, 0.25) is 0 Å². The van der Waals surface area contributed by atoms with Crippen LogP contribution in [0, 0.1) is 5.41 Å². The van der Waals surface area contributed by atoms with Crippen LogP contribution in [0.2, 0.25) is 0 Å². The number of aromatic amines is 1. The number of fused-ring (bicyclic) bond motifs is 5. The minimum Gasteiger partial charge on any atom is -0.295 e. The van der Waals surface area contributed by atoms with Crippen molar-refractivity contribution in [1.82, 2.24) is 10.2 Å². The molecule has 2 aromatic rings. The van der Waals surface area contributed by atoms with E-state index in [0.29, 0.717) is 6.42 Å². The van der Waals surface area contributed by atoms with Crippen LogP contribution in [-0.2, 0) is 4.79 Å². The summed E-state index contributed by atoms with van der Waals surface area (Å²) in [5.41, 5.74) is 5.28. The molecule has 2 aliphatic rings. The number of nitrogens with zero attached hydrogens (tertiary/aromatic N) is 1. The van der Waals surface area contributed by atoms with E-state index >= 15 is 0 Å². The van der Waals surface area contributed by atoms with Crippen molar-refractivity contribution < 1.29 is 4.79 Å². The van der Waals surface area contributed by atoms with Crippen LogP contribution in [0.4, 0.5) is 0 Å². The van der Waals surface area contributed by atoms with Gasteiger partial charge in [-0.15, -0.1) is 11.6 Å². The summed E-state index contributed by atoms with van der Waals surface area (Å²) in [5.74, 6) is 0.262. The third-order valence-electron chi connectivity index (χ3n) is 5.39. The fraction of sp³-hybridized carbons (Fsp3) is 0.412. The number of Topliss-reactive ketones (excluding diaryl/α,β-unsaturated/α-hetero) is 1. The van der Waals surface area contributed by atoms with Gasteiger partial charge in [-0.3, -0.25) is 9.89 Å². The van der Waals surface area contributed by atoms with Gasteiger partial charge in [-0.2, -0.15) is 5.10 Å². The molecule has 0 spiro atoms. The number of nitrogens with one attached hydrogen (secondary N) is 1. The topological polar surface area (TPSA) is 45.8 Å². The van der Waals surface area contributed by atoms with Crippen LogP contribution in [0.1, 0.15) is 49.6 Å². The predicted molar refractivity (Wildman–Crippen MR) is 84.2 cm³/mol. The number of allylic oxidation sites excluding steroid dienone is 2. The minimum atomic E-state index is -0.104. The number of carbonyl (C=O) groups is 1. The minimum absolute atomic E-state index is 0.0863. The summed E-state index contributed by atoms with van der Waals surface area (Å²) in [5, 5.41) is 8.16. The van der Waals surface area contributed by atoms with Crippen molar-refractivity contribution in [3.8, 4) is 0 Å². The second-order valence-electron chi connectivity index (χ2n) is 6.15. The van der Waals surface area contributed by atoms with Gasteiger partial charge in [-0.25, -0.2) is 0 Å². The van der Waals surface area contributed by atoms with Crippen molar-refractivity contribution >= 4 is 33.9 Å². The van der Waals surface area contributed by atoms with E-state index in [-0.39, 0.29) is 16.6 Å². The molecule has 1 aromatic heterocycles. The quantitative estimate of drug-likeness (QED) is 0.794. The molecule has 21 heavy (non-hydrogen) atoms. The van der Waals surface area contributed by atoms with E-state index in [4.69, 9.17) is 11.6 Å². The highest BCUT2D eigenvalue weighted by molar-refractivity contribution is 6.26. The van der Waals surface area contributed by atoms with E-state index in [9.17, 15) is 4.79 Å². The summed E-state index contributed by atoms with van der Waals surface area (Å²) in [6, 6.07) is 4.13. The van der Waals surface area contributed by atoms with Crippen molar-refractivity contribution in [3.63, 3.8) is 0 Å². The number of hydrogen-bond acceptors (Lipinski definition) is 2. The molecule has 4 heteroatoms. The Morgan fingerprint density at radius 3 is 3.05 bits per heavy atom. The number of rotatable bonds is 1. The standard InChI is InChI=1S/C17H17ClN2O/c1-3-17-7-6-13(21)9(2)15(17)10-4-5-12-11(8-19-20-12)14(10)16(17)18/h4-5,8,16H,3,6-7H2,1-2H3,(H,19,20). The van der Waals surface area contributed by atoms with Crippen LogP contribution in [0.3, 0.4) is 0 Å². The molecule has 0 fully saturated rings. The lowest BCUT2D eigenvalue weighted by Crippen LogP contribution is -2.28. The zero-order valence-electron chi connectivity index (χ0n) is 12.2. The second kappa shape index (κ2) is 4.20. The molecule has 3 nitrogen and oxygen atoms in total. The molecule has 1 N–H and O–H groups in total. The average Bonchev–Trinajstić information content (AvgIpc) is 3.05. The van der Waals surface area contributed by atoms with Crippen molar-refractivity contribution in [2.24, 2.45) is 5.41 Å². The maximum Gasteiger partial charge on any atom is 0.158 e. The fourth-order valence-corrected chi connectivity index (χ4v) is 4.83. The van der Waals surface area contributed by atoms with Crippen molar-refractivity contribution in [1.29, 1.82) is 0 Å². The molecule has 108 valence electrons. The van der Waals surface area contributed by atoms with Gasteiger partial charge in [0.25, 0.3) is 0 Å². The highest BCUT2D eigenvalue weighted by Crippen LogP contribution is 2.64. The van der Waals surface area contributed by atoms with Crippen LogP contribution < -0.4 is 0 Å². The molecule has 2 aliphatic carbocycles. The average molecular weight is 301 g/mol. The summed E-state index contributed by atoms with van der Waals surface area (Å²) in [4.78, 5) is 12.2. The Morgan fingerprint density at radius 2 is 2.29 bits per heavy atom. The number of benzene rings is 1. The molecule has 1 aromatic carbocycles. The molecule has 0 saturated heterocycles. The van der Waals surface area contributed by atoms with E-state index in [1.807, 2.05) is 19.2 Å². The second-order valence-corrected chi connectivity index (χ2v) is 6.59.